The summed E-state index contributed by atoms with van der Waals surface area (Å²) >= 11 is 0. The van der Waals surface area contributed by atoms with Crippen molar-refractivity contribution in [1.29, 1.82) is 0 Å². The molecule has 2 aromatic heterocycles. The Morgan fingerprint density at radius 3 is 2.73 bits per heavy atom. The van der Waals surface area contributed by atoms with Crippen LogP contribution < -0.4 is 15.4 Å². The van der Waals surface area contributed by atoms with E-state index < -0.39 is 36.1 Å². The standard InChI is InChI=1S/C30H44FN5O5/c1-30(2,24-11-8-16-33-27(24)41-4)29(39)35-25(28(37)38)14-18-36(20-23(19-31)40-3)17-6-5-10-22-13-12-21-9-7-15-32-26(21)34-22/h8,11-13,16,23,25H,5-7,9-10,14-15,17-20H2,1-4H3,(H,32,34)(H,35,39)(H,37,38)/t23-,25+/m1/s1. The number of halogens is 1. The number of pyridine rings is 2. The summed E-state index contributed by atoms with van der Waals surface area (Å²) in [6, 6.07) is 6.55. The van der Waals surface area contributed by atoms with Gasteiger partial charge in [0.1, 0.15) is 18.5 Å². The number of fused-ring (bicyclic) bond motifs is 1. The minimum absolute atomic E-state index is 0.155. The number of carbonyl (C=O) groups is 2. The van der Waals surface area contributed by atoms with Crippen LogP contribution in [0.4, 0.5) is 10.2 Å². The topological polar surface area (TPSA) is 126 Å². The van der Waals surface area contributed by atoms with Crippen molar-refractivity contribution in [3.63, 3.8) is 0 Å². The van der Waals surface area contributed by atoms with E-state index in [4.69, 9.17) is 14.5 Å². The molecule has 10 nitrogen and oxygen atoms in total. The Kier molecular flexibility index (Phi) is 12.3. The van der Waals surface area contributed by atoms with Crippen LogP contribution in [0.3, 0.4) is 0 Å². The molecule has 3 heterocycles. The third kappa shape index (κ3) is 9.09. The largest absolute Gasteiger partial charge is 0.481 e. The minimum Gasteiger partial charge on any atom is -0.481 e. The predicted molar refractivity (Wildman–Crippen MR) is 155 cm³/mol. The first kappa shape index (κ1) is 32.2. The lowest BCUT2D eigenvalue weighted by Crippen LogP contribution is -2.50. The summed E-state index contributed by atoms with van der Waals surface area (Å²) in [7, 11) is 2.94. The van der Waals surface area contributed by atoms with Gasteiger partial charge in [0.2, 0.25) is 11.8 Å². The zero-order valence-electron chi connectivity index (χ0n) is 24.6. The average Bonchev–Trinajstić information content (AvgIpc) is 2.98. The maximum absolute atomic E-state index is 13.5. The molecular formula is C30H44FN5O5. The van der Waals surface area contributed by atoms with E-state index >= 15 is 0 Å². The quantitative estimate of drug-likeness (QED) is 0.244. The Labute approximate surface area is 242 Å². The van der Waals surface area contributed by atoms with Crippen molar-refractivity contribution >= 4 is 17.7 Å². The summed E-state index contributed by atoms with van der Waals surface area (Å²) in [5, 5.41) is 16.0. The van der Waals surface area contributed by atoms with Crippen LogP contribution in [0.15, 0.2) is 30.5 Å². The molecule has 0 saturated carbocycles. The first-order valence-electron chi connectivity index (χ1n) is 14.3. The summed E-state index contributed by atoms with van der Waals surface area (Å²) in [5.41, 5.74) is 1.76. The second-order valence-electron chi connectivity index (χ2n) is 10.9. The zero-order chi connectivity index (χ0) is 29.8. The molecule has 0 aromatic carbocycles. The molecule has 41 heavy (non-hydrogen) atoms. The van der Waals surface area contributed by atoms with Crippen molar-refractivity contribution in [3.8, 4) is 5.88 Å². The number of hydrogen-bond donors (Lipinski definition) is 3. The van der Waals surface area contributed by atoms with Crippen LogP contribution >= 0.6 is 0 Å². The first-order valence-corrected chi connectivity index (χ1v) is 14.3. The van der Waals surface area contributed by atoms with Gasteiger partial charge >= 0.3 is 5.97 Å². The van der Waals surface area contributed by atoms with Gasteiger partial charge in [0.15, 0.2) is 0 Å². The third-order valence-corrected chi connectivity index (χ3v) is 7.62. The minimum atomic E-state index is -1.13. The number of aliphatic carboxylic acids is 1. The fourth-order valence-corrected chi connectivity index (χ4v) is 4.98. The van der Waals surface area contributed by atoms with E-state index in [1.54, 1.807) is 32.2 Å². The van der Waals surface area contributed by atoms with Gasteiger partial charge in [-0.25, -0.2) is 19.2 Å². The van der Waals surface area contributed by atoms with Gasteiger partial charge in [-0.15, -0.1) is 0 Å². The summed E-state index contributed by atoms with van der Waals surface area (Å²) in [4.78, 5) is 36.3. The summed E-state index contributed by atoms with van der Waals surface area (Å²) < 4.78 is 24.0. The number of amides is 1. The molecule has 0 bridgehead atoms. The number of rotatable bonds is 17. The molecule has 0 spiro atoms. The van der Waals surface area contributed by atoms with Crippen LogP contribution in [-0.2, 0) is 32.6 Å². The molecule has 0 saturated heterocycles. The van der Waals surface area contributed by atoms with Crippen molar-refractivity contribution in [2.75, 3.05) is 52.4 Å². The van der Waals surface area contributed by atoms with Crippen LogP contribution in [0, 0.1) is 0 Å². The molecule has 0 unspecified atom stereocenters. The smallest absolute Gasteiger partial charge is 0.326 e. The number of carboxylic acid groups (broad SMARTS) is 1. The molecule has 0 radical (unpaired) electrons. The highest BCUT2D eigenvalue weighted by Crippen LogP contribution is 2.30. The number of carbonyl (C=O) groups excluding carboxylic acids is 1. The highest BCUT2D eigenvalue weighted by molar-refractivity contribution is 5.91. The maximum Gasteiger partial charge on any atom is 0.326 e. The number of unbranched alkanes of at least 4 members (excludes halogenated alkanes) is 1. The van der Waals surface area contributed by atoms with Gasteiger partial charge in [-0.2, -0.15) is 0 Å². The summed E-state index contributed by atoms with van der Waals surface area (Å²) in [5.74, 6) is -0.293. The van der Waals surface area contributed by atoms with E-state index in [9.17, 15) is 19.1 Å². The third-order valence-electron chi connectivity index (χ3n) is 7.62. The Balaban J connectivity index is 1.58. The summed E-state index contributed by atoms with van der Waals surface area (Å²) in [6.07, 6.45) is 5.81. The second-order valence-corrected chi connectivity index (χ2v) is 10.9. The van der Waals surface area contributed by atoms with Crippen LogP contribution in [0.5, 0.6) is 5.88 Å². The fourth-order valence-electron chi connectivity index (χ4n) is 4.98. The van der Waals surface area contributed by atoms with E-state index in [2.05, 4.69) is 27.8 Å². The Morgan fingerprint density at radius 2 is 2.02 bits per heavy atom. The van der Waals surface area contributed by atoms with E-state index in [0.717, 1.165) is 50.2 Å². The number of carboxylic acids is 1. The number of aryl methyl sites for hydroxylation is 2. The molecule has 3 rings (SSSR count). The zero-order valence-corrected chi connectivity index (χ0v) is 24.6. The van der Waals surface area contributed by atoms with Gasteiger partial charge in [0.25, 0.3) is 0 Å². The number of hydrogen-bond acceptors (Lipinski definition) is 8. The maximum atomic E-state index is 13.5. The molecule has 1 aliphatic heterocycles. The van der Waals surface area contributed by atoms with E-state index in [-0.39, 0.29) is 6.42 Å². The van der Waals surface area contributed by atoms with Crippen LogP contribution in [0.1, 0.15) is 56.4 Å². The number of nitrogens with one attached hydrogen (secondary N) is 2. The van der Waals surface area contributed by atoms with Crippen molar-refractivity contribution in [2.45, 2.75) is 69.9 Å². The molecule has 1 amide bonds. The van der Waals surface area contributed by atoms with Crippen LogP contribution in [0.25, 0.3) is 0 Å². The van der Waals surface area contributed by atoms with E-state index in [1.807, 2.05) is 4.90 Å². The molecule has 2 aromatic rings. The number of alkyl halides is 1. The molecule has 0 aliphatic carbocycles. The van der Waals surface area contributed by atoms with Crippen molar-refractivity contribution in [3.05, 3.63) is 47.3 Å². The van der Waals surface area contributed by atoms with Crippen molar-refractivity contribution < 1.29 is 28.6 Å². The highest BCUT2D eigenvalue weighted by atomic mass is 19.1. The molecular weight excluding hydrogens is 529 g/mol. The number of methoxy groups -OCH3 is 2. The van der Waals surface area contributed by atoms with Crippen LogP contribution in [-0.4, -0.2) is 91.1 Å². The molecule has 11 heteroatoms. The van der Waals surface area contributed by atoms with E-state index in [0.29, 0.717) is 31.1 Å². The average molecular weight is 574 g/mol. The Bertz CT molecular complexity index is 1140. The first-order chi connectivity index (χ1) is 19.7. The highest BCUT2D eigenvalue weighted by Gasteiger charge is 2.35. The van der Waals surface area contributed by atoms with Crippen molar-refractivity contribution in [1.82, 2.24) is 20.2 Å². The number of nitrogens with zero attached hydrogens (tertiary/aromatic N) is 3. The van der Waals surface area contributed by atoms with Gasteiger partial charge in [-0.1, -0.05) is 12.1 Å². The molecule has 1 aliphatic rings. The normalized spacial score (nSPS) is 14.6. The molecule has 0 fully saturated rings. The van der Waals surface area contributed by atoms with Gasteiger partial charge in [0, 0.05) is 44.2 Å². The Hall–Kier alpha value is -3.31. The lowest BCUT2D eigenvalue weighted by atomic mass is 9.84. The van der Waals surface area contributed by atoms with Gasteiger partial charge in [-0.05, 0) is 76.6 Å². The number of ether oxygens (including phenoxy) is 2. The number of anilines is 1. The molecule has 3 N–H and O–H groups in total. The number of aromatic nitrogens is 2. The molecule has 2 atom stereocenters. The summed E-state index contributed by atoms with van der Waals surface area (Å²) in [6.45, 7) is 5.03. The fraction of sp³-hybridized carbons (Fsp3) is 0.600. The van der Waals surface area contributed by atoms with Gasteiger partial charge in [-0.3, -0.25) is 4.79 Å². The lowest BCUT2D eigenvalue weighted by molar-refractivity contribution is -0.143. The van der Waals surface area contributed by atoms with Gasteiger partial charge < -0.3 is 30.1 Å². The monoisotopic (exact) mass is 573 g/mol. The predicted octanol–water partition coefficient (Wildman–Crippen LogP) is 3.39. The Morgan fingerprint density at radius 1 is 1.22 bits per heavy atom. The van der Waals surface area contributed by atoms with E-state index in [1.165, 1.54) is 19.8 Å². The van der Waals surface area contributed by atoms with Crippen LogP contribution in [0.2, 0.25) is 0 Å². The molecule has 226 valence electrons. The second kappa shape index (κ2) is 15.6. The SMILES string of the molecule is COc1ncccc1C(C)(C)C(=O)N[C@@H](CCN(CCCCc1ccc2c(n1)NCCC2)C[C@@H](CF)OC)C(=O)O. The van der Waals surface area contributed by atoms with Crippen molar-refractivity contribution in [2.24, 2.45) is 0 Å². The van der Waals surface area contributed by atoms with Gasteiger partial charge in [0.05, 0.1) is 18.6 Å². The lowest BCUT2D eigenvalue weighted by Gasteiger charge is -2.29.